The Morgan fingerprint density at radius 1 is 1.10 bits per heavy atom. The summed E-state index contributed by atoms with van der Waals surface area (Å²) >= 11 is 0. The molecule has 0 bridgehead atoms. The Morgan fingerprint density at radius 2 is 1.80 bits per heavy atom. The van der Waals surface area contributed by atoms with Crippen LogP contribution in [0.25, 0.3) is 0 Å². The number of nitrogens with one attached hydrogen (secondary N) is 1. The largest absolute Gasteiger partial charge is 0.467 e. The SMILES string of the molecule is CCCNc1nc(OC)nc(OC2CCC(C)CC2)n1. The van der Waals surface area contributed by atoms with Crippen molar-refractivity contribution in [3.63, 3.8) is 0 Å². The van der Waals surface area contributed by atoms with Gasteiger partial charge in [0.1, 0.15) is 6.10 Å². The number of aromatic nitrogens is 3. The van der Waals surface area contributed by atoms with Gasteiger partial charge >= 0.3 is 12.0 Å². The third-order valence-electron chi connectivity index (χ3n) is 3.55. The summed E-state index contributed by atoms with van der Waals surface area (Å²) in [5, 5.41) is 3.13. The molecule has 1 aromatic rings. The Bertz CT molecular complexity index is 420. The molecule has 0 atom stereocenters. The maximum atomic E-state index is 5.88. The second-order valence-corrected chi connectivity index (χ2v) is 5.35. The van der Waals surface area contributed by atoms with Gasteiger partial charge in [-0.05, 0) is 38.0 Å². The van der Waals surface area contributed by atoms with Crippen molar-refractivity contribution in [3.8, 4) is 12.0 Å². The third kappa shape index (κ3) is 4.21. The van der Waals surface area contributed by atoms with Crippen molar-refractivity contribution in [2.45, 2.75) is 52.1 Å². The second-order valence-electron chi connectivity index (χ2n) is 5.35. The molecule has 0 spiro atoms. The van der Waals surface area contributed by atoms with E-state index in [2.05, 4.69) is 34.1 Å². The summed E-state index contributed by atoms with van der Waals surface area (Å²) in [6.07, 6.45) is 5.74. The molecule has 1 N–H and O–H groups in total. The molecule has 0 unspecified atom stereocenters. The van der Waals surface area contributed by atoms with Crippen LogP contribution in [0.3, 0.4) is 0 Å². The Kier molecular flexibility index (Phi) is 5.38. The Balaban J connectivity index is 2.02. The van der Waals surface area contributed by atoms with Gasteiger partial charge in [0.2, 0.25) is 5.95 Å². The molecule has 0 amide bonds. The lowest BCUT2D eigenvalue weighted by Crippen LogP contribution is -2.24. The smallest absolute Gasteiger partial charge is 0.324 e. The number of hydrogen-bond donors (Lipinski definition) is 1. The van der Waals surface area contributed by atoms with E-state index in [0.29, 0.717) is 12.0 Å². The van der Waals surface area contributed by atoms with E-state index in [0.717, 1.165) is 31.7 Å². The predicted molar refractivity (Wildman–Crippen MR) is 77.2 cm³/mol. The Morgan fingerprint density at radius 3 is 2.45 bits per heavy atom. The number of methoxy groups -OCH3 is 1. The molecular weight excluding hydrogens is 256 g/mol. The van der Waals surface area contributed by atoms with E-state index >= 15 is 0 Å². The summed E-state index contributed by atoms with van der Waals surface area (Å²) in [6.45, 7) is 5.19. The lowest BCUT2D eigenvalue weighted by Gasteiger charge is -2.25. The summed E-state index contributed by atoms with van der Waals surface area (Å²) in [6, 6.07) is 0.646. The van der Waals surface area contributed by atoms with Crippen LogP contribution in [-0.2, 0) is 0 Å². The molecule has 1 aromatic heterocycles. The molecule has 0 aromatic carbocycles. The van der Waals surface area contributed by atoms with Crippen molar-refractivity contribution in [2.24, 2.45) is 5.92 Å². The van der Waals surface area contributed by atoms with Crippen LogP contribution in [0.15, 0.2) is 0 Å². The van der Waals surface area contributed by atoms with E-state index < -0.39 is 0 Å². The van der Waals surface area contributed by atoms with Crippen LogP contribution >= 0.6 is 0 Å². The van der Waals surface area contributed by atoms with E-state index in [9.17, 15) is 0 Å². The van der Waals surface area contributed by atoms with E-state index in [1.165, 1.54) is 12.8 Å². The van der Waals surface area contributed by atoms with Gasteiger partial charge in [-0.25, -0.2) is 0 Å². The lowest BCUT2D eigenvalue weighted by molar-refractivity contribution is 0.122. The average molecular weight is 280 g/mol. The molecule has 2 rings (SSSR count). The van der Waals surface area contributed by atoms with Gasteiger partial charge in [0.15, 0.2) is 0 Å². The summed E-state index contributed by atoms with van der Waals surface area (Å²) in [7, 11) is 1.55. The fourth-order valence-corrected chi connectivity index (χ4v) is 2.29. The molecular formula is C14H24N4O2. The van der Waals surface area contributed by atoms with Crippen LogP contribution in [0.4, 0.5) is 5.95 Å². The molecule has 6 heteroatoms. The van der Waals surface area contributed by atoms with Crippen molar-refractivity contribution in [1.82, 2.24) is 15.0 Å². The fraction of sp³-hybridized carbons (Fsp3) is 0.786. The summed E-state index contributed by atoms with van der Waals surface area (Å²) < 4.78 is 11.0. The van der Waals surface area contributed by atoms with E-state index in [-0.39, 0.29) is 12.1 Å². The highest BCUT2D eigenvalue weighted by atomic mass is 16.5. The molecule has 0 radical (unpaired) electrons. The highest BCUT2D eigenvalue weighted by Gasteiger charge is 2.21. The lowest BCUT2D eigenvalue weighted by atomic mass is 9.89. The predicted octanol–water partition coefficient (Wildman–Crippen LogP) is 2.66. The first kappa shape index (κ1) is 14.8. The Labute approximate surface area is 120 Å². The van der Waals surface area contributed by atoms with Crippen molar-refractivity contribution in [1.29, 1.82) is 0 Å². The van der Waals surface area contributed by atoms with Gasteiger partial charge < -0.3 is 14.8 Å². The minimum Gasteiger partial charge on any atom is -0.467 e. The monoisotopic (exact) mass is 280 g/mol. The highest BCUT2D eigenvalue weighted by molar-refractivity contribution is 5.27. The molecule has 0 aliphatic heterocycles. The van der Waals surface area contributed by atoms with Crippen LogP contribution in [0.5, 0.6) is 12.0 Å². The van der Waals surface area contributed by atoms with Crippen molar-refractivity contribution < 1.29 is 9.47 Å². The first-order valence-corrected chi connectivity index (χ1v) is 7.41. The zero-order valence-electron chi connectivity index (χ0n) is 12.6. The van der Waals surface area contributed by atoms with Crippen molar-refractivity contribution in [3.05, 3.63) is 0 Å². The molecule has 1 aliphatic rings. The summed E-state index contributed by atoms with van der Waals surface area (Å²) in [5.74, 6) is 1.31. The number of nitrogens with zero attached hydrogens (tertiary/aromatic N) is 3. The van der Waals surface area contributed by atoms with Gasteiger partial charge in [-0.15, -0.1) is 4.98 Å². The van der Waals surface area contributed by atoms with Gasteiger partial charge in [-0.3, -0.25) is 0 Å². The molecule has 1 saturated carbocycles. The van der Waals surface area contributed by atoms with Gasteiger partial charge in [0, 0.05) is 6.54 Å². The van der Waals surface area contributed by atoms with Crippen LogP contribution < -0.4 is 14.8 Å². The van der Waals surface area contributed by atoms with Gasteiger partial charge in [0.05, 0.1) is 7.11 Å². The maximum Gasteiger partial charge on any atom is 0.324 e. The first-order chi connectivity index (χ1) is 9.71. The minimum absolute atomic E-state index is 0.206. The molecule has 0 saturated heterocycles. The number of rotatable bonds is 6. The zero-order valence-corrected chi connectivity index (χ0v) is 12.6. The van der Waals surface area contributed by atoms with Crippen molar-refractivity contribution in [2.75, 3.05) is 19.0 Å². The normalized spacial score (nSPS) is 22.4. The standard InChI is InChI=1S/C14H24N4O2/c1-4-9-15-12-16-13(19-3)18-14(17-12)20-11-7-5-10(2)6-8-11/h10-11H,4-9H2,1-3H3,(H,15,16,17,18). The first-order valence-electron chi connectivity index (χ1n) is 7.41. The number of hydrogen-bond acceptors (Lipinski definition) is 6. The van der Waals surface area contributed by atoms with E-state index in [1.807, 2.05) is 0 Å². The highest BCUT2D eigenvalue weighted by Crippen LogP contribution is 2.26. The van der Waals surface area contributed by atoms with Crippen LogP contribution in [0, 0.1) is 5.92 Å². The van der Waals surface area contributed by atoms with Gasteiger partial charge in [-0.2, -0.15) is 9.97 Å². The topological polar surface area (TPSA) is 69.2 Å². The summed E-state index contributed by atoms with van der Waals surface area (Å²) in [5.41, 5.74) is 0. The molecule has 1 heterocycles. The van der Waals surface area contributed by atoms with Crippen LogP contribution in [-0.4, -0.2) is 34.7 Å². The zero-order chi connectivity index (χ0) is 14.4. The van der Waals surface area contributed by atoms with Crippen molar-refractivity contribution >= 4 is 5.95 Å². The molecule has 20 heavy (non-hydrogen) atoms. The molecule has 112 valence electrons. The van der Waals surface area contributed by atoms with E-state index in [1.54, 1.807) is 7.11 Å². The van der Waals surface area contributed by atoms with E-state index in [4.69, 9.17) is 9.47 Å². The maximum absolute atomic E-state index is 5.88. The Hall–Kier alpha value is -1.59. The minimum atomic E-state index is 0.206. The molecule has 6 nitrogen and oxygen atoms in total. The number of ether oxygens (including phenoxy) is 2. The van der Waals surface area contributed by atoms with Crippen LogP contribution in [0.2, 0.25) is 0 Å². The molecule has 1 aliphatic carbocycles. The molecule has 1 fully saturated rings. The van der Waals surface area contributed by atoms with Gasteiger partial charge in [-0.1, -0.05) is 13.8 Å². The third-order valence-corrected chi connectivity index (χ3v) is 3.55. The quantitative estimate of drug-likeness (QED) is 0.864. The second kappa shape index (κ2) is 7.26. The fourth-order valence-electron chi connectivity index (χ4n) is 2.29. The number of anilines is 1. The average Bonchev–Trinajstić information content (AvgIpc) is 2.47. The van der Waals surface area contributed by atoms with Crippen LogP contribution in [0.1, 0.15) is 46.0 Å². The van der Waals surface area contributed by atoms with Gasteiger partial charge in [0.25, 0.3) is 0 Å². The summed E-state index contributed by atoms with van der Waals surface area (Å²) in [4.78, 5) is 12.6.